The van der Waals surface area contributed by atoms with E-state index in [-0.39, 0.29) is 17.6 Å². The number of halogens is 1. The first-order valence-electron chi connectivity index (χ1n) is 9.97. The zero-order valence-electron chi connectivity index (χ0n) is 17.2. The number of hydrogen-bond acceptors (Lipinski definition) is 7. The Morgan fingerprint density at radius 2 is 1.76 bits per heavy atom. The Bertz CT molecular complexity index is 1200. The maximum absolute atomic E-state index is 13.0. The lowest BCUT2D eigenvalue weighted by Crippen LogP contribution is -2.45. The molecule has 0 aliphatic carbocycles. The van der Waals surface area contributed by atoms with Crippen LogP contribution in [0.5, 0.6) is 0 Å². The van der Waals surface area contributed by atoms with Crippen LogP contribution >= 0.6 is 34.4 Å². The molecular formula is C23H19FN4O2S3. The third-order valence-electron chi connectivity index (χ3n) is 4.56. The van der Waals surface area contributed by atoms with Crippen LogP contribution in [-0.2, 0) is 17.0 Å². The average molecular weight is 499 g/mol. The van der Waals surface area contributed by atoms with Gasteiger partial charge < -0.3 is 5.32 Å². The van der Waals surface area contributed by atoms with E-state index in [0.29, 0.717) is 26.5 Å². The topological polar surface area (TPSA) is 84.0 Å². The molecule has 0 bridgehead atoms. The van der Waals surface area contributed by atoms with Gasteiger partial charge in [-0.25, -0.2) is 4.39 Å². The number of thiophene rings is 1. The molecule has 0 aliphatic rings. The number of carbonyl (C=O) groups is 2. The van der Waals surface area contributed by atoms with Crippen LogP contribution in [0.25, 0.3) is 0 Å². The molecule has 6 nitrogen and oxygen atoms in total. The zero-order chi connectivity index (χ0) is 23.0. The van der Waals surface area contributed by atoms with Crippen LogP contribution in [-0.4, -0.2) is 28.1 Å². The van der Waals surface area contributed by atoms with Gasteiger partial charge in [0.2, 0.25) is 11.0 Å². The average Bonchev–Trinajstić information content (AvgIpc) is 3.51. The van der Waals surface area contributed by atoms with Gasteiger partial charge in [0.25, 0.3) is 5.91 Å². The van der Waals surface area contributed by atoms with Crippen molar-refractivity contribution in [2.75, 3.05) is 5.32 Å². The normalized spacial score (nSPS) is 11.7. The highest BCUT2D eigenvalue weighted by molar-refractivity contribution is 8.00. The van der Waals surface area contributed by atoms with E-state index < -0.39 is 6.04 Å². The number of hydrogen-bond donors (Lipinski definition) is 2. The van der Waals surface area contributed by atoms with Gasteiger partial charge in [-0.1, -0.05) is 71.6 Å². The van der Waals surface area contributed by atoms with Crippen molar-refractivity contribution in [3.05, 3.63) is 93.9 Å². The van der Waals surface area contributed by atoms with E-state index in [1.165, 1.54) is 46.6 Å². The quantitative estimate of drug-likeness (QED) is 0.250. The van der Waals surface area contributed by atoms with E-state index in [1.54, 1.807) is 24.3 Å². The van der Waals surface area contributed by atoms with Crippen LogP contribution in [0, 0.1) is 5.82 Å². The van der Waals surface area contributed by atoms with Crippen LogP contribution in [0.2, 0.25) is 0 Å². The summed E-state index contributed by atoms with van der Waals surface area (Å²) in [7, 11) is 0. The van der Waals surface area contributed by atoms with Gasteiger partial charge in [0.05, 0.1) is 4.88 Å². The molecule has 2 aromatic carbocycles. The van der Waals surface area contributed by atoms with E-state index >= 15 is 0 Å². The van der Waals surface area contributed by atoms with Crippen LogP contribution in [0.1, 0.15) is 20.8 Å². The molecule has 10 heteroatoms. The number of amides is 2. The summed E-state index contributed by atoms with van der Waals surface area (Å²) in [6.45, 7) is 0. The fraction of sp³-hybridized carbons (Fsp3) is 0.130. The molecule has 4 aromatic rings. The lowest BCUT2D eigenvalue weighted by molar-refractivity contribution is -0.118. The summed E-state index contributed by atoms with van der Waals surface area (Å²) in [5.41, 5.74) is 1.89. The summed E-state index contributed by atoms with van der Waals surface area (Å²) in [4.78, 5) is 26.1. The molecule has 2 amide bonds. The van der Waals surface area contributed by atoms with Crippen LogP contribution in [0.15, 0.2) is 76.4 Å². The van der Waals surface area contributed by atoms with E-state index in [2.05, 4.69) is 20.8 Å². The fourth-order valence-electron chi connectivity index (χ4n) is 2.93. The van der Waals surface area contributed by atoms with Crippen LogP contribution in [0.4, 0.5) is 9.52 Å². The second-order valence-corrected chi connectivity index (χ2v) is 10.1. The smallest absolute Gasteiger partial charge is 0.262 e. The van der Waals surface area contributed by atoms with Crippen molar-refractivity contribution < 1.29 is 14.0 Å². The van der Waals surface area contributed by atoms with Gasteiger partial charge in [-0.3, -0.25) is 14.9 Å². The highest BCUT2D eigenvalue weighted by atomic mass is 32.2. The molecule has 33 heavy (non-hydrogen) atoms. The van der Waals surface area contributed by atoms with Crippen molar-refractivity contribution in [3.63, 3.8) is 0 Å². The minimum atomic E-state index is -0.777. The molecular weight excluding hydrogens is 479 g/mol. The predicted octanol–water partition coefficient (Wildman–Crippen LogP) is 5.01. The maximum atomic E-state index is 13.0. The number of thioether (sulfide) groups is 1. The largest absolute Gasteiger partial charge is 0.339 e. The SMILES string of the molecule is O=C(N[C@H](Cc1ccccc1)C(=O)Nc1nnc(SCc2ccc(F)cc2)s1)c1cccs1. The monoisotopic (exact) mass is 498 g/mol. The summed E-state index contributed by atoms with van der Waals surface area (Å²) in [6.07, 6.45) is 0.342. The molecule has 2 heterocycles. The Labute approximate surface area is 202 Å². The molecule has 4 rings (SSSR count). The molecule has 0 spiro atoms. The van der Waals surface area contributed by atoms with Gasteiger partial charge in [-0.05, 0) is 34.7 Å². The first kappa shape index (κ1) is 23.1. The fourth-order valence-corrected chi connectivity index (χ4v) is 5.27. The second kappa shape index (κ2) is 11.2. The number of rotatable bonds is 9. The first-order chi connectivity index (χ1) is 16.1. The third kappa shape index (κ3) is 6.70. The number of nitrogens with zero attached hydrogens (tertiary/aromatic N) is 2. The van der Waals surface area contributed by atoms with E-state index in [9.17, 15) is 14.0 Å². The van der Waals surface area contributed by atoms with Gasteiger partial charge in [-0.2, -0.15) is 0 Å². The van der Waals surface area contributed by atoms with Crippen molar-refractivity contribution in [3.8, 4) is 0 Å². The van der Waals surface area contributed by atoms with Gasteiger partial charge in [0.15, 0.2) is 4.34 Å². The molecule has 0 saturated heterocycles. The standard InChI is InChI=1S/C23H19FN4O2S3/c24-17-10-8-16(9-11-17)14-32-23-28-27-22(33-23)26-20(29)18(13-15-5-2-1-3-6-15)25-21(30)19-7-4-12-31-19/h1-12,18H,13-14H2,(H,25,30)(H,26,27,29)/t18-/m1/s1. The molecule has 0 saturated carbocycles. The summed E-state index contributed by atoms with van der Waals surface area (Å²) >= 11 is 4.01. The highest BCUT2D eigenvalue weighted by Crippen LogP contribution is 2.28. The lowest BCUT2D eigenvalue weighted by atomic mass is 10.1. The van der Waals surface area contributed by atoms with Crippen molar-refractivity contribution in [2.24, 2.45) is 0 Å². The maximum Gasteiger partial charge on any atom is 0.262 e. The molecule has 0 unspecified atom stereocenters. The first-order valence-corrected chi connectivity index (χ1v) is 12.6. The minimum Gasteiger partial charge on any atom is -0.339 e. The minimum absolute atomic E-state index is 0.277. The van der Waals surface area contributed by atoms with E-state index in [0.717, 1.165) is 11.1 Å². The molecule has 1 atom stereocenters. The number of benzene rings is 2. The van der Waals surface area contributed by atoms with E-state index in [1.807, 2.05) is 35.7 Å². The summed E-state index contributed by atoms with van der Waals surface area (Å²) in [6, 6.07) is 18.5. The molecule has 168 valence electrons. The third-order valence-corrected chi connectivity index (χ3v) is 7.47. The second-order valence-electron chi connectivity index (χ2n) is 6.97. The van der Waals surface area contributed by atoms with Crippen molar-refractivity contribution >= 4 is 51.4 Å². The van der Waals surface area contributed by atoms with Crippen molar-refractivity contribution in [2.45, 2.75) is 22.6 Å². The Balaban J connectivity index is 1.40. The molecule has 0 radical (unpaired) electrons. The van der Waals surface area contributed by atoms with Crippen molar-refractivity contribution in [1.29, 1.82) is 0 Å². The highest BCUT2D eigenvalue weighted by Gasteiger charge is 2.23. The van der Waals surface area contributed by atoms with Crippen LogP contribution in [0.3, 0.4) is 0 Å². The molecule has 0 fully saturated rings. The lowest BCUT2D eigenvalue weighted by Gasteiger charge is -2.17. The molecule has 0 aliphatic heterocycles. The molecule has 2 N–H and O–H groups in total. The Morgan fingerprint density at radius 3 is 2.48 bits per heavy atom. The van der Waals surface area contributed by atoms with Gasteiger partial charge in [0, 0.05) is 12.2 Å². The van der Waals surface area contributed by atoms with Crippen LogP contribution < -0.4 is 10.6 Å². The Hall–Kier alpha value is -3.08. The summed E-state index contributed by atoms with van der Waals surface area (Å²) in [5, 5.41) is 15.9. The zero-order valence-corrected chi connectivity index (χ0v) is 19.7. The number of nitrogens with one attached hydrogen (secondary N) is 2. The Morgan fingerprint density at radius 1 is 0.970 bits per heavy atom. The molecule has 2 aromatic heterocycles. The number of aromatic nitrogens is 2. The van der Waals surface area contributed by atoms with Gasteiger partial charge in [0.1, 0.15) is 11.9 Å². The van der Waals surface area contributed by atoms with Gasteiger partial charge >= 0.3 is 0 Å². The predicted molar refractivity (Wildman–Crippen MR) is 130 cm³/mol. The number of carbonyl (C=O) groups excluding carboxylic acids is 2. The van der Waals surface area contributed by atoms with Gasteiger partial charge in [-0.15, -0.1) is 21.5 Å². The summed E-state index contributed by atoms with van der Waals surface area (Å²) < 4.78 is 13.7. The summed E-state index contributed by atoms with van der Waals surface area (Å²) in [5.74, 6) is -0.333. The Kier molecular flexibility index (Phi) is 7.82. The van der Waals surface area contributed by atoms with Crippen molar-refractivity contribution in [1.82, 2.24) is 15.5 Å². The number of anilines is 1. The van der Waals surface area contributed by atoms with E-state index in [4.69, 9.17) is 0 Å².